The molecule has 0 heterocycles. The van der Waals surface area contributed by atoms with Crippen molar-refractivity contribution in [3.63, 3.8) is 0 Å². The highest BCUT2D eigenvalue weighted by atomic mass is 35.5. The van der Waals surface area contributed by atoms with Crippen molar-refractivity contribution >= 4 is 29.2 Å². The van der Waals surface area contributed by atoms with Crippen molar-refractivity contribution in [2.75, 3.05) is 0 Å². The summed E-state index contributed by atoms with van der Waals surface area (Å²) in [4.78, 5) is 10.9. The number of carboxylic acids is 1. The van der Waals surface area contributed by atoms with Crippen LogP contribution in [0.4, 0.5) is 0 Å². The molecule has 0 spiro atoms. The van der Waals surface area contributed by atoms with Crippen molar-refractivity contribution in [2.45, 2.75) is 18.4 Å². The molecule has 5 heteroatoms. The van der Waals surface area contributed by atoms with Crippen LogP contribution in [-0.2, 0) is 4.79 Å². The zero-order valence-electron chi connectivity index (χ0n) is 7.67. The number of benzene rings is 1. The fourth-order valence-corrected chi connectivity index (χ4v) is 1.56. The lowest BCUT2D eigenvalue weighted by Gasteiger charge is -2.14. The molecule has 0 radical (unpaired) electrons. The van der Waals surface area contributed by atoms with Crippen LogP contribution in [0.25, 0.3) is 0 Å². The fourth-order valence-electron chi connectivity index (χ4n) is 1.24. The summed E-state index contributed by atoms with van der Waals surface area (Å²) in [5.41, 5.74) is -1.09. The maximum Gasteiger partial charge on any atom is 0.348 e. The predicted octanol–water partition coefficient (Wildman–Crippen LogP) is 2.99. The molecule has 0 aromatic heterocycles. The molecule has 1 N–H and O–H groups in total. The summed E-state index contributed by atoms with van der Waals surface area (Å²) < 4.78 is 5.37. The molecular formula is C10H8Cl2O3. The highest BCUT2D eigenvalue weighted by Gasteiger charge is 2.53. The van der Waals surface area contributed by atoms with Gasteiger partial charge in [0.1, 0.15) is 5.75 Å². The van der Waals surface area contributed by atoms with Gasteiger partial charge in [-0.15, -0.1) is 0 Å². The topological polar surface area (TPSA) is 46.5 Å². The van der Waals surface area contributed by atoms with Crippen LogP contribution in [0.1, 0.15) is 12.8 Å². The number of rotatable bonds is 3. The monoisotopic (exact) mass is 246 g/mol. The van der Waals surface area contributed by atoms with Gasteiger partial charge in [0, 0.05) is 23.9 Å². The van der Waals surface area contributed by atoms with E-state index in [1.54, 1.807) is 12.1 Å². The summed E-state index contributed by atoms with van der Waals surface area (Å²) in [6.45, 7) is 0. The van der Waals surface area contributed by atoms with Gasteiger partial charge in [0.05, 0.1) is 5.02 Å². The molecule has 1 fully saturated rings. The summed E-state index contributed by atoms with van der Waals surface area (Å²) in [5.74, 6) is -0.636. The maximum absolute atomic E-state index is 10.9. The molecular weight excluding hydrogens is 239 g/mol. The molecule has 1 aromatic carbocycles. The Morgan fingerprint density at radius 1 is 1.40 bits per heavy atom. The van der Waals surface area contributed by atoms with Crippen molar-refractivity contribution in [1.82, 2.24) is 0 Å². The number of hydrogen-bond acceptors (Lipinski definition) is 2. The van der Waals surface area contributed by atoms with Crippen LogP contribution >= 0.6 is 23.2 Å². The molecule has 80 valence electrons. The number of hydrogen-bond donors (Lipinski definition) is 1. The molecule has 1 aromatic rings. The maximum atomic E-state index is 10.9. The van der Waals surface area contributed by atoms with E-state index in [2.05, 4.69) is 0 Å². The lowest BCUT2D eigenvalue weighted by Crippen LogP contribution is -2.29. The Bertz CT molecular complexity index is 413. The molecule has 15 heavy (non-hydrogen) atoms. The molecule has 0 unspecified atom stereocenters. The second kappa shape index (κ2) is 3.58. The van der Waals surface area contributed by atoms with E-state index in [9.17, 15) is 4.79 Å². The largest absolute Gasteiger partial charge is 0.478 e. The molecule has 3 nitrogen and oxygen atoms in total. The van der Waals surface area contributed by atoms with Gasteiger partial charge in [-0.25, -0.2) is 4.79 Å². The quantitative estimate of drug-likeness (QED) is 0.892. The first-order valence-corrected chi connectivity index (χ1v) is 5.17. The van der Waals surface area contributed by atoms with Crippen molar-refractivity contribution in [2.24, 2.45) is 0 Å². The lowest BCUT2D eigenvalue weighted by atomic mass is 10.3. The Balaban J connectivity index is 2.24. The van der Waals surface area contributed by atoms with Crippen molar-refractivity contribution < 1.29 is 14.6 Å². The number of halogens is 2. The minimum atomic E-state index is -1.09. The van der Waals surface area contributed by atoms with Gasteiger partial charge in [-0.2, -0.15) is 0 Å². The summed E-state index contributed by atoms with van der Waals surface area (Å²) in [6, 6.07) is 4.72. The Kier molecular flexibility index (Phi) is 2.52. The van der Waals surface area contributed by atoms with Crippen LogP contribution in [0.5, 0.6) is 5.75 Å². The van der Waals surface area contributed by atoms with Gasteiger partial charge in [0.25, 0.3) is 0 Å². The molecule has 1 saturated carbocycles. The third-order valence-electron chi connectivity index (χ3n) is 2.29. The van der Waals surface area contributed by atoms with Crippen molar-refractivity contribution in [3.05, 3.63) is 28.2 Å². The fraction of sp³-hybridized carbons (Fsp3) is 0.300. The van der Waals surface area contributed by atoms with Gasteiger partial charge < -0.3 is 9.84 Å². The van der Waals surface area contributed by atoms with E-state index in [0.717, 1.165) is 0 Å². The Hall–Kier alpha value is -0.930. The zero-order chi connectivity index (χ0) is 11.1. The first-order chi connectivity index (χ1) is 7.03. The second-order valence-corrected chi connectivity index (χ2v) is 4.32. The van der Waals surface area contributed by atoms with E-state index in [-0.39, 0.29) is 0 Å². The SMILES string of the molecule is O=C(O)C1(Oc2cc(Cl)ccc2Cl)CC1. The molecule has 0 bridgehead atoms. The second-order valence-electron chi connectivity index (χ2n) is 3.48. The van der Waals surface area contributed by atoms with E-state index in [1.807, 2.05) is 0 Å². The Morgan fingerprint density at radius 3 is 2.60 bits per heavy atom. The third-order valence-corrected chi connectivity index (χ3v) is 2.84. The van der Waals surface area contributed by atoms with E-state index in [4.69, 9.17) is 33.0 Å². The van der Waals surface area contributed by atoms with Gasteiger partial charge in [-0.3, -0.25) is 0 Å². The molecule has 0 atom stereocenters. The van der Waals surface area contributed by atoms with E-state index in [0.29, 0.717) is 28.6 Å². The summed E-state index contributed by atoms with van der Waals surface area (Å²) >= 11 is 11.6. The van der Waals surface area contributed by atoms with Crippen LogP contribution < -0.4 is 4.74 Å². The van der Waals surface area contributed by atoms with Crippen molar-refractivity contribution in [1.29, 1.82) is 0 Å². The van der Waals surface area contributed by atoms with E-state index >= 15 is 0 Å². The van der Waals surface area contributed by atoms with Crippen LogP contribution in [0.3, 0.4) is 0 Å². The number of carbonyl (C=O) groups is 1. The Labute approximate surface area is 96.6 Å². The smallest absolute Gasteiger partial charge is 0.348 e. The summed E-state index contributed by atoms with van der Waals surface area (Å²) in [7, 11) is 0. The summed E-state index contributed by atoms with van der Waals surface area (Å²) in [5, 5.41) is 9.76. The van der Waals surface area contributed by atoms with E-state index in [1.165, 1.54) is 6.07 Å². The average Bonchev–Trinajstić information content (AvgIpc) is 2.92. The highest BCUT2D eigenvalue weighted by Crippen LogP contribution is 2.42. The molecule has 1 aliphatic carbocycles. The molecule has 1 aliphatic rings. The number of aliphatic carboxylic acids is 1. The van der Waals surface area contributed by atoms with Gasteiger partial charge in [-0.05, 0) is 12.1 Å². The standard InChI is InChI=1S/C10H8Cl2O3/c11-6-1-2-7(12)8(5-6)15-10(3-4-10)9(13)14/h1-2,5H,3-4H2,(H,13,14). The average molecular weight is 247 g/mol. The third kappa shape index (κ3) is 2.03. The lowest BCUT2D eigenvalue weighted by molar-refractivity contribution is -0.147. The van der Waals surface area contributed by atoms with E-state index < -0.39 is 11.6 Å². The van der Waals surface area contributed by atoms with Crippen molar-refractivity contribution in [3.8, 4) is 5.75 Å². The van der Waals surface area contributed by atoms with Crippen LogP contribution in [-0.4, -0.2) is 16.7 Å². The van der Waals surface area contributed by atoms with Gasteiger partial charge in [0.2, 0.25) is 5.60 Å². The minimum absolute atomic E-state index is 0.323. The molecule has 0 amide bonds. The molecule has 0 aliphatic heterocycles. The van der Waals surface area contributed by atoms with Crippen LogP contribution in [0.15, 0.2) is 18.2 Å². The summed E-state index contributed by atoms with van der Waals surface area (Å²) in [6.07, 6.45) is 1.01. The number of ether oxygens (including phenoxy) is 1. The van der Waals surface area contributed by atoms with Crippen LogP contribution in [0, 0.1) is 0 Å². The minimum Gasteiger partial charge on any atom is -0.478 e. The molecule has 2 rings (SSSR count). The normalized spacial score (nSPS) is 17.2. The molecule has 0 saturated heterocycles. The predicted molar refractivity (Wildman–Crippen MR) is 56.7 cm³/mol. The zero-order valence-corrected chi connectivity index (χ0v) is 9.18. The Morgan fingerprint density at radius 2 is 2.07 bits per heavy atom. The first-order valence-electron chi connectivity index (χ1n) is 4.41. The highest BCUT2D eigenvalue weighted by molar-refractivity contribution is 6.34. The number of carboxylic acid groups (broad SMARTS) is 1. The van der Waals surface area contributed by atoms with Gasteiger partial charge in [-0.1, -0.05) is 23.2 Å². The van der Waals surface area contributed by atoms with Crippen LogP contribution in [0.2, 0.25) is 10.0 Å². The van der Waals surface area contributed by atoms with Gasteiger partial charge in [0.15, 0.2) is 0 Å². The first kappa shape index (κ1) is 10.6. The van der Waals surface area contributed by atoms with Gasteiger partial charge >= 0.3 is 5.97 Å².